The number of carbonyl (C=O) groups is 1. The molecule has 1 unspecified atom stereocenters. The van der Waals surface area contributed by atoms with Gasteiger partial charge in [0.05, 0.1) is 0 Å². The Balaban J connectivity index is 2.84. The Morgan fingerprint density at radius 2 is 1.69 bits per heavy atom. The van der Waals surface area contributed by atoms with Crippen molar-refractivity contribution in [1.29, 1.82) is 0 Å². The summed E-state index contributed by atoms with van der Waals surface area (Å²) in [5.41, 5.74) is 0.452. The van der Waals surface area contributed by atoms with Gasteiger partial charge in [0.15, 0.2) is 0 Å². The van der Waals surface area contributed by atoms with E-state index in [9.17, 15) is 4.79 Å². The molecule has 0 N–H and O–H groups in total. The first-order chi connectivity index (χ1) is 5.75. The standard InChI is InChI=1S/C12H22O/c1-9(2)12(5)7-10(13)6-11(3,4)8-12/h9H,6-8H2,1-5H3. The van der Waals surface area contributed by atoms with E-state index in [4.69, 9.17) is 0 Å². The highest BCUT2D eigenvalue weighted by Gasteiger charge is 2.42. The molecule has 1 saturated carbocycles. The van der Waals surface area contributed by atoms with Crippen molar-refractivity contribution in [2.75, 3.05) is 0 Å². The van der Waals surface area contributed by atoms with Crippen LogP contribution in [-0.2, 0) is 4.79 Å². The summed E-state index contributed by atoms with van der Waals surface area (Å²) in [4.78, 5) is 11.6. The maximum absolute atomic E-state index is 11.6. The molecule has 76 valence electrons. The van der Waals surface area contributed by atoms with E-state index >= 15 is 0 Å². The van der Waals surface area contributed by atoms with Gasteiger partial charge in [0.25, 0.3) is 0 Å². The van der Waals surface area contributed by atoms with Crippen LogP contribution in [0, 0.1) is 16.7 Å². The summed E-state index contributed by atoms with van der Waals surface area (Å²) in [6.07, 6.45) is 2.74. The Morgan fingerprint density at radius 1 is 1.15 bits per heavy atom. The van der Waals surface area contributed by atoms with E-state index < -0.39 is 0 Å². The molecule has 1 fully saturated rings. The minimum absolute atomic E-state index is 0.217. The molecule has 1 aliphatic rings. The summed E-state index contributed by atoms with van der Waals surface area (Å²) < 4.78 is 0. The van der Waals surface area contributed by atoms with Gasteiger partial charge in [-0.15, -0.1) is 0 Å². The quantitative estimate of drug-likeness (QED) is 0.607. The molecule has 0 aromatic carbocycles. The molecular weight excluding hydrogens is 160 g/mol. The molecule has 0 heterocycles. The Bertz CT molecular complexity index is 215. The van der Waals surface area contributed by atoms with Gasteiger partial charge in [0.1, 0.15) is 5.78 Å². The first kappa shape index (κ1) is 10.7. The van der Waals surface area contributed by atoms with Gasteiger partial charge in [0, 0.05) is 12.8 Å². The van der Waals surface area contributed by atoms with Crippen molar-refractivity contribution >= 4 is 5.78 Å². The molecule has 0 amide bonds. The predicted molar refractivity (Wildman–Crippen MR) is 55.6 cm³/mol. The van der Waals surface area contributed by atoms with Crippen molar-refractivity contribution in [2.24, 2.45) is 16.7 Å². The van der Waals surface area contributed by atoms with Gasteiger partial charge in [-0.2, -0.15) is 0 Å². The molecule has 13 heavy (non-hydrogen) atoms. The van der Waals surface area contributed by atoms with Gasteiger partial charge in [-0.1, -0.05) is 34.6 Å². The van der Waals surface area contributed by atoms with Gasteiger partial charge < -0.3 is 0 Å². The number of carbonyl (C=O) groups excluding carboxylic acids is 1. The van der Waals surface area contributed by atoms with Crippen LogP contribution < -0.4 is 0 Å². The van der Waals surface area contributed by atoms with Crippen LogP contribution in [0.3, 0.4) is 0 Å². The molecule has 0 aliphatic heterocycles. The Hall–Kier alpha value is -0.330. The van der Waals surface area contributed by atoms with Crippen LogP contribution >= 0.6 is 0 Å². The number of hydrogen-bond donors (Lipinski definition) is 0. The van der Waals surface area contributed by atoms with E-state index in [1.54, 1.807) is 0 Å². The van der Waals surface area contributed by atoms with Crippen molar-refractivity contribution in [3.05, 3.63) is 0 Å². The minimum atomic E-state index is 0.217. The molecule has 0 aromatic rings. The van der Waals surface area contributed by atoms with Crippen LogP contribution in [0.2, 0.25) is 0 Å². The van der Waals surface area contributed by atoms with Crippen molar-refractivity contribution in [3.8, 4) is 0 Å². The van der Waals surface area contributed by atoms with E-state index in [1.165, 1.54) is 6.42 Å². The second-order valence-electron chi connectivity index (χ2n) is 6.04. The SMILES string of the molecule is CC(C)C1(C)CC(=O)CC(C)(C)C1. The monoisotopic (exact) mass is 182 g/mol. The molecule has 0 saturated heterocycles. The van der Waals surface area contributed by atoms with E-state index in [2.05, 4.69) is 34.6 Å². The third-order valence-corrected chi connectivity index (χ3v) is 3.55. The lowest BCUT2D eigenvalue weighted by molar-refractivity contribution is -0.129. The first-order valence-electron chi connectivity index (χ1n) is 5.27. The minimum Gasteiger partial charge on any atom is -0.300 e. The molecule has 0 spiro atoms. The second kappa shape index (κ2) is 3.11. The Kier molecular flexibility index (Phi) is 2.57. The highest BCUT2D eigenvalue weighted by atomic mass is 16.1. The average Bonchev–Trinajstić information content (AvgIpc) is 1.79. The van der Waals surface area contributed by atoms with Crippen LogP contribution in [0.15, 0.2) is 0 Å². The fourth-order valence-electron chi connectivity index (χ4n) is 2.67. The lowest BCUT2D eigenvalue weighted by Crippen LogP contribution is -2.39. The topological polar surface area (TPSA) is 17.1 Å². The molecule has 1 atom stereocenters. The normalized spacial score (nSPS) is 33.8. The molecule has 1 rings (SSSR count). The predicted octanol–water partition coefficient (Wildman–Crippen LogP) is 3.43. The van der Waals surface area contributed by atoms with Gasteiger partial charge in [0.2, 0.25) is 0 Å². The van der Waals surface area contributed by atoms with E-state index in [0.29, 0.717) is 11.7 Å². The molecule has 1 aliphatic carbocycles. The maximum Gasteiger partial charge on any atom is 0.133 e. The van der Waals surface area contributed by atoms with Gasteiger partial charge in [-0.05, 0) is 23.2 Å². The third kappa shape index (κ3) is 2.32. The summed E-state index contributed by atoms with van der Waals surface area (Å²) in [6.45, 7) is 11.1. The summed E-state index contributed by atoms with van der Waals surface area (Å²) in [5.74, 6) is 1.06. The Labute approximate surface area is 81.9 Å². The molecule has 1 nitrogen and oxygen atoms in total. The van der Waals surface area contributed by atoms with Crippen LogP contribution in [0.1, 0.15) is 53.9 Å². The molecule has 0 aromatic heterocycles. The van der Waals surface area contributed by atoms with E-state index in [-0.39, 0.29) is 10.8 Å². The first-order valence-corrected chi connectivity index (χ1v) is 5.27. The van der Waals surface area contributed by atoms with E-state index in [1.807, 2.05) is 0 Å². The largest absolute Gasteiger partial charge is 0.300 e. The van der Waals surface area contributed by atoms with E-state index in [0.717, 1.165) is 12.8 Å². The number of hydrogen-bond acceptors (Lipinski definition) is 1. The van der Waals surface area contributed by atoms with Crippen LogP contribution in [-0.4, -0.2) is 5.78 Å². The number of Topliss-reactive ketones (excluding diaryl/α,β-unsaturated/α-hetero) is 1. The highest BCUT2D eigenvalue weighted by molar-refractivity contribution is 5.80. The summed E-state index contributed by atoms with van der Waals surface area (Å²) in [5, 5.41) is 0. The molecule has 0 bridgehead atoms. The van der Waals surface area contributed by atoms with Gasteiger partial charge in [-0.3, -0.25) is 4.79 Å². The highest BCUT2D eigenvalue weighted by Crippen LogP contribution is 2.48. The number of ketones is 1. The summed E-state index contributed by atoms with van der Waals surface area (Å²) in [7, 11) is 0. The van der Waals surface area contributed by atoms with Crippen molar-refractivity contribution in [1.82, 2.24) is 0 Å². The fourth-order valence-corrected chi connectivity index (χ4v) is 2.67. The summed E-state index contributed by atoms with van der Waals surface area (Å²) >= 11 is 0. The zero-order chi connectivity index (χ0) is 10.3. The smallest absolute Gasteiger partial charge is 0.133 e. The average molecular weight is 182 g/mol. The maximum atomic E-state index is 11.6. The second-order valence-corrected chi connectivity index (χ2v) is 6.04. The zero-order valence-corrected chi connectivity index (χ0v) is 9.61. The summed E-state index contributed by atoms with van der Waals surface area (Å²) in [6, 6.07) is 0. The van der Waals surface area contributed by atoms with Crippen LogP contribution in [0.4, 0.5) is 0 Å². The lowest BCUT2D eigenvalue weighted by atomic mass is 9.60. The van der Waals surface area contributed by atoms with Gasteiger partial charge in [-0.25, -0.2) is 0 Å². The van der Waals surface area contributed by atoms with Crippen LogP contribution in [0.25, 0.3) is 0 Å². The number of rotatable bonds is 1. The zero-order valence-electron chi connectivity index (χ0n) is 9.61. The third-order valence-electron chi connectivity index (χ3n) is 3.55. The van der Waals surface area contributed by atoms with Crippen molar-refractivity contribution < 1.29 is 4.79 Å². The fraction of sp³-hybridized carbons (Fsp3) is 0.917. The van der Waals surface area contributed by atoms with Crippen molar-refractivity contribution in [3.63, 3.8) is 0 Å². The molecule has 1 heteroatoms. The molecule has 0 radical (unpaired) electrons. The van der Waals surface area contributed by atoms with Gasteiger partial charge >= 0.3 is 0 Å². The lowest BCUT2D eigenvalue weighted by Gasteiger charge is -2.44. The van der Waals surface area contributed by atoms with Crippen LogP contribution in [0.5, 0.6) is 0 Å². The van der Waals surface area contributed by atoms with Crippen molar-refractivity contribution in [2.45, 2.75) is 53.9 Å². The Morgan fingerprint density at radius 3 is 2.08 bits per heavy atom. The molecular formula is C12H22O.